The molecule has 0 aliphatic heterocycles. The molecule has 8 aromatic rings. The third-order valence-corrected chi connectivity index (χ3v) is 11.2. The van der Waals surface area contributed by atoms with Crippen molar-refractivity contribution in [3.8, 4) is 44.5 Å². The Kier molecular flexibility index (Phi) is 6.11. The van der Waals surface area contributed by atoms with Crippen LogP contribution in [0.25, 0.3) is 82.9 Å². The predicted octanol–water partition coefficient (Wildman–Crippen LogP) is 12.8. The molecular formula is C48H35N. The van der Waals surface area contributed by atoms with Gasteiger partial charge in [0.05, 0.1) is 5.69 Å². The number of fused-ring (bicyclic) bond motifs is 8. The van der Waals surface area contributed by atoms with Crippen LogP contribution in [0.4, 0.5) is 0 Å². The van der Waals surface area contributed by atoms with E-state index in [2.05, 4.69) is 166 Å². The van der Waals surface area contributed by atoms with Crippen molar-refractivity contribution in [2.45, 2.75) is 32.1 Å². The first-order valence-corrected chi connectivity index (χ1v) is 17.4. The molecule has 0 unspecified atom stereocenters. The van der Waals surface area contributed by atoms with Gasteiger partial charge in [-0.1, -0.05) is 141 Å². The second-order valence-electron chi connectivity index (χ2n) is 14.2. The van der Waals surface area contributed by atoms with E-state index in [0.717, 1.165) is 18.5 Å². The number of rotatable bonds is 3. The van der Waals surface area contributed by atoms with Gasteiger partial charge in [0.2, 0.25) is 0 Å². The van der Waals surface area contributed by atoms with Gasteiger partial charge in [0.25, 0.3) is 0 Å². The Morgan fingerprint density at radius 3 is 2.10 bits per heavy atom. The van der Waals surface area contributed by atoms with Crippen LogP contribution in [0.3, 0.4) is 0 Å². The maximum absolute atomic E-state index is 5.11. The van der Waals surface area contributed by atoms with Crippen LogP contribution in [0.2, 0.25) is 0 Å². The molecule has 2 aliphatic carbocycles. The highest BCUT2D eigenvalue weighted by Gasteiger charge is 2.35. The summed E-state index contributed by atoms with van der Waals surface area (Å²) in [5, 5.41) is 7.64. The number of hydrogen-bond acceptors (Lipinski definition) is 1. The Balaban J connectivity index is 1.24. The summed E-state index contributed by atoms with van der Waals surface area (Å²) in [6.45, 7) is 4.72. The number of pyridine rings is 1. The molecule has 1 nitrogen and oxygen atoms in total. The van der Waals surface area contributed by atoms with E-state index in [1.807, 2.05) is 0 Å². The van der Waals surface area contributed by atoms with Crippen LogP contribution >= 0.6 is 0 Å². The van der Waals surface area contributed by atoms with Crippen LogP contribution in [0.15, 0.2) is 146 Å². The van der Waals surface area contributed by atoms with Gasteiger partial charge in [0, 0.05) is 17.0 Å². The lowest BCUT2D eigenvalue weighted by atomic mass is 9.81. The molecule has 232 valence electrons. The Labute approximate surface area is 287 Å². The number of aryl methyl sites for hydroxylation is 1. The van der Waals surface area contributed by atoms with Crippen molar-refractivity contribution >= 4 is 38.4 Å². The van der Waals surface area contributed by atoms with Crippen molar-refractivity contribution in [3.05, 3.63) is 168 Å². The molecule has 0 saturated heterocycles. The average Bonchev–Trinajstić information content (AvgIpc) is 3.39. The van der Waals surface area contributed by atoms with Gasteiger partial charge in [-0.25, -0.2) is 0 Å². The minimum Gasteiger partial charge on any atom is -0.256 e. The maximum atomic E-state index is 5.11. The van der Waals surface area contributed by atoms with Gasteiger partial charge >= 0.3 is 0 Å². The molecule has 0 bridgehead atoms. The van der Waals surface area contributed by atoms with Gasteiger partial charge in [0.15, 0.2) is 0 Å². The van der Waals surface area contributed by atoms with E-state index in [9.17, 15) is 0 Å². The van der Waals surface area contributed by atoms with E-state index < -0.39 is 0 Å². The Morgan fingerprint density at radius 2 is 1.20 bits per heavy atom. The van der Waals surface area contributed by atoms with Gasteiger partial charge in [-0.2, -0.15) is 0 Å². The zero-order valence-corrected chi connectivity index (χ0v) is 27.8. The van der Waals surface area contributed by atoms with Crippen molar-refractivity contribution < 1.29 is 0 Å². The van der Waals surface area contributed by atoms with E-state index >= 15 is 0 Å². The summed E-state index contributed by atoms with van der Waals surface area (Å²) >= 11 is 0. The molecule has 0 spiro atoms. The average molecular weight is 626 g/mol. The maximum Gasteiger partial charge on any atom is 0.0665 e. The van der Waals surface area contributed by atoms with Crippen molar-refractivity contribution in [2.75, 3.05) is 0 Å². The van der Waals surface area contributed by atoms with Gasteiger partial charge in [-0.15, -0.1) is 0 Å². The topological polar surface area (TPSA) is 12.9 Å². The number of allylic oxidation sites excluding steroid dienone is 1. The largest absolute Gasteiger partial charge is 0.256 e. The smallest absolute Gasteiger partial charge is 0.0665 e. The summed E-state index contributed by atoms with van der Waals surface area (Å²) in [6, 6.07) is 49.7. The lowest BCUT2D eigenvalue weighted by molar-refractivity contribution is 0.660. The quantitative estimate of drug-likeness (QED) is 0.178. The van der Waals surface area contributed by atoms with Crippen molar-refractivity contribution in [3.63, 3.8) is 0 Å². The SMILES string of the molecule is CC1(C)c2ccccc2-c2ccc(-c3cccc(-c4c5ccccc5c(-c5cccc6ccccc56)c5c6c(ncc45)C=CCC6)c3)cc21. The number of hydrogen-bond donors (Lipinski definition) is 0. The van der Waals surface area contributed by atoms with Gasteiger partial charge in [0.1, 0.15) is 0 Å². The molecule has 2 aliphatic rings. The predicted molar refractivity (Wildman–Crippen MR) is 208 cm³/mol. The van der Waals surface area contributed by atoms with E-state index in [4.69, 9.17) is 4.98 Å². The molecule has 49 heavy (non-hydrogen) atoms. The second-order valence-corrected chi connectivity index (χ2v) is 14.2. The third kappa shape index (κ3) is 4.15. The molecule has 0 radical (unpaired) electrons. The first-order valence-electron chi connectivity index (χ1n) is 17.4. The summed E-state index contributed by atoms with van der Waals surface area (Å²) in [6.07, 6.45) is 8.63. The summed E-state index contributed by atoms with van der Waals surface area (Å²) in [7, 11) is 0. The van der Waals surface area contributed by atoms with Gasteiger partial charge < -0.3 is 0 Å². The van der Waals surface area contributed by atoms with E-state index in [1.54, 1.807) is 0 Å². The van der Waals surface area contributed by atoms with Crippen LogP contribution < -0.4 is 0 Å². The molecule has 10 rings (SSSR count). The highest BCUT2D eigenvalue weighted by Crippen LogP contribution is 2.51. The highest BCUT2D eigenvalue weighted by molar-refractivity contribution is 6.24. The van der Waals surface area contributed by atoms with Crippen LogP contribution in [-0.2, 0) is 11.8 Å². The minimum absolute atomic E-state index is 0.0391. The lowest BCUT2D eigenvalue weighted by Crippen LogP contribution is -2.14. The molecular weight excluding hydrogens is 591 g/mol. The first kappa shape index (κ1) is 28.2. The molecule has 0 N–H and O–H groups in total. The Hall–Kier alpha value is -5.79. The van der Waals surface area contributed by atoms with Gasteiger partial charge in [-0.3, -0.25) is 4.98 Å². The van der Waals surface area contributed by atoms with E-state index in [-0.39, 0.29) is 5.41 Å². The first-order chi connectivity index (χ1) is 24.1. The molecule has 7 aromatic carbocycles. The molecule has 1 heteroatoms. The fourth-order valence-corrected chi connectivity index (χ4v) is 8.83. The van der Waals surface area contributed by atoms with Gasteiger partial charge in [-0.05, 0) is 119 Å². The zero-order chi connectivity index (χ0) is 32.7. The van der Waals surface area contributed by atoms with E-state index in [1.165, 1.54) is 93.5 Å². The Bertz CT molecular complexity index is 2680. The van der Waals surface area contributed by atoms with Crippen molar-refractivity contribution in [1.29, 1.82) is 0 Å². The molecule has 0 atom stereocenters. The fourth-order valence-electron chi connectivity index (χ4n) is 8.83. The standard InChI is InChI=1S/C48H35N/c1-48(2)42-23-9-7-18-35(42)36-26-25-32(28-43(36)48)31-15-11-16-33(27-31)45-38-19-5-6-20-39(38)46(37-22-12-14-30-13-3-4-17-34(30)37)47-40-21-8-10-24-44(40)49-29-41(45)47/h3-7,9-20,22-29H,8,21H2,1-2H3. The summed E-state index contributed by atoms with van der Waals surface area (Å²) in [5.74, 6) is 0. The summed E-state index contributed by atoms with van der Waals surface area (Å²) in [4.78, 5) is 5.11. The molecule has 0 fully saturated rings. The fraction of sp³-hybridized carbons (Fsp3) is 0.104. The Morgan fingerprint density at radius 1 is 0.531 bits per heavy atom. The van der Waals surface area contributed by atoms with Crippen LogP contribution in [0, 0.1) is 0 Å². The van der Waals surface area contributed by atoms with Crippen LogP contribution in [-0.4, -0.2) is 4.98 Å². The molecule has 1 heterocycles. The summed E-state index contributed by atoms with van der Waals surface area (Å²) < 4.78 is 0. The molecule has 0 amide bonds. The molecule has 0 saturated carbocycles. The van der Waals surface area contributed by atoms with Crippen molar-refractivity contribution in [1.82, 2.24) is 4.98 Å². The summed E-state index contributed by atoms with van der Waals surface area (Å²) in [5.41, 5.74) is 15.5. The highest BCUT2D eigenvalue weighted by atomic mass is 14.7. The normalized spacial score (nSPS) is 14.2. The second kappa shape index (κ2) is 10.6. The number of benzene rings is 7. The van der Waals surface area contributed by atoms with Crippen LogP contribution in [0.5, 0.6) is 0 Å². The number of nitrogens with zero attached hydrogens (tertiary/aromatic N) is 1. The lowest BCUT2D eigenvalue weighted by Gasteiger charge is -2.23. The number of aromatic nitrogens is 1. The third-order valence-electron chi connectivity index (χ3n) is 11.2. The zero-order valence-electron chi connectivity index (χ0n) is 27.8. The van der Waals surface area contributed by atoms with Crippen LogP contribution in [0.1, 0.15) is 42.7 Å². The molecule has 1 aromatic heterocycles. The monoisotopic (exact) mass is 625 g/mol. The van der Waals surface area contributed by atoms with Crippen molar-refractivity contribution in [2.24, 2.45) is 0 Å². The van der Waals surface area contributed by atoms with E-state index in [0.29, 0.717) is 0 Å². The minimum atomic E-state index is -0.0391.